The Morgan fingerprint density at radius 1 is 0.976 bits per heavy atom. The molecule has 8 nitrogen and oxygen atoms in total. The van der Waals surface area contributed by atoms with Crippen molar-refractivity contribution >= 4 is 11.8 Å². The molecule has 1 fully saturated rings. The maximum Gasteiger partial charge on any atom is 0.269 e. The first-order chi connectivity index (χ1) is 20.1. The highest BCUT2D eigenvalue weighted by Gasteiger charge is 2.32. The maximum atomic E-state index is 13.8. The molecule has 4 aromatic rings. The van der Waals surface area contributed by atoms with E-state index in [1.54, 1.807) is 6.07 Å². The number of nitrogens with zero attached hydrogens (tertiary/aromatic N) is 2. The van der Waals surface area contributed by atoms with Crippen molar-refractivity contribution in [3.8, 4) is 11.3 Å². The van der Waals surface area contributed by atoms with Gasteiger partial charge < -0.3 is 21.3 Å². The van der Waals surface area contributed by atoms with Gasteiger partial charge >= 0.3 is 0 Å². The highest BCUT2D eigenvalue weighted by Crippen LogP contribution is 2.27. The lowest BCUT2D eigenvalue weighted by molar-refractivity contribution is -0.133. The second-order valence-corrected chi connectivity index (χ2v) is 10.5. The molecule has 3 aromatic carbocycles. The van der Waals surface area contributed by atoms with Crippen molar-refractivity contribution in [2.75, 3.05) is 26.2 Å². The number of H-pyrrole nitrogens is 1. The Hall–Kier alpha value is -4.27. The van der Waals surface area contributed by atoms with Gasteiger partial charge in [-0.3, -0.25) is 14.7 Å². The molecule has 0 bridgehead atoms. The van der Waals surface area contributed by atoms with Crippen molar-refractivity contribution in [2.24, 2.45) is 5.73 Å². The zero-order chi connectivity index (χ0) is 28.4. The Bertz CT molecular complexity index is 1350. The summed E-state index contributed by atoms with van der Waals surface area (Å²) in [5.74, 6) is -0.0715. The van der Waals surface area contributed by atoms with Gasteiger partial charge in [0.05, 0.1) is 11.7 Å². The van der Waals surface area contributed by atoms with Crippen LogP contribution in [-0.2, 0) is 4.79 Å². The molecule has 0 radical (unpaired) electrons. The topological polar surface area (TPSA) is 116 Å². The standard InChI is InChI=1S/C33H38N6O2/c34-19-10-17-29-33(41)39(23-28(24-11-4-1-5-12-24)25-13-6-2-7-14-25)20-18-27(36-29)22-35-32(40)31-21-30(37-38-31)26-15-8-3-9-16-26/h1-9,11-16,21,27-29,36H,10,17-20,22-23,34H2,(H,35,40)(H,37,38)/t27-,29-/m0/s1. The summed E-state index contributed by atoms with van der Waals surface area (Å²) in [6.45, 7) is 2.11. The van der Waals surface area contributed by atoms with Crippen LogP contribution in [-0.4, -0.2) is 65.2 Å². The lowest BCUT2D eigenvalue weighted by Crippen LogP contribution is -2.49. The van der Waals surface area contributed by atoms with E-state index in [1.807, 2.05) is 71.6 Å². The second-order valence-electron chi connectivity index (χ2n) is 10.5. The van der Waals surface area contributed by atoms with E-state index in [0.29, 0.717) is 38.3 Å². The van der Waals surface area contributed by atoms with Crippen LogP contribution in [0.2, 0.25) is 0 Å². The lowest BCUT2D eigenvalue weighted by atomic mass is 9.90. The number of hydrogen-bond acceptors (Lipinski definition) is 5. The molecule has 5 N–H and O–H groups in total. The van der Waals surface area contributed by atoms with Gasteiger partial charge in [-0.2, -0.15) is 5.10 Å². The van der Waals surface area contributed by atoms with Crippen molar-refractivity contribution in [3.05, 3.63) is 114 Å². The van der Waals surface area contributed by atoms with E-state index in [4.69, 9.17) is 5.73 Å². The van der Waals surface area contributed by atoms with Crippen LogP contribution in [0.25, 0.3) is 11.3 Å². The van der Waals surface area contributed by atoms with Crippen LogP contribution in [0.4, 0.5) is 0 Å². The van der Waals surface area contributed by atoms with Crippen LogP contribution in [0, 0.1) is 0 Å². The van der Waals surface area contributed by atoms with Crippen molar-refractivity contribution in [3.63, 3.8) is 0 Å². The minimum atomic E-state index is -0.355. The van der Waals surface area contributed by atoms with E-state index >= 15 is 0 Å². The minimum Gasteiger partial charge on any atom is -0.349 e. The van der Waals surface area contributed by atoms with Crippen LogP contribution < -0.4 is 16.4 Å². The first-order valence-electron chi connectivity index (χ1n) is 14.4. The summed E-state index contributed by atoms with van der Waals surface area (Å²) < 4.78 is 0. The molecule has 1 aromatic heterocycles. The van der Waals surface area contributed by atoms with E-state index in [0.717, 1.165) is 24.1 Å². The molecule has 2 atom stereocenters. The number of hydrogen-bond donors (Lipinski definition) is 4. The fourth-order valence-corrected chi connectivity index (χ4v) is 5.45. The van der Waals surface area contributed by atoms with Gasteiger partial charge in [-0.25, -0.2) is 0 Å². The second kappa shape index (κ2) is 13.9. The number of nitrogens with one attached hydrogen (secondary N) is 3. The van der Waals surface area contributed by atoms with Crippen molar-refractivity contribution in [1.29, 1.82) is 0 Å². The van der Waals surface area contributed by atoms with Crippen molar-refractivity contribution < 1.29 is 9.59 Å². The lowest BCUT2D eigenvalue weighted by Gasteiger charge is -2.29. The van der Waals surface area contributed by atoms with Crippen molar-refractivity contribution in [1.82, 2.24) is 25.7 Å². The first-order valence-corrected chi connectivity index (χ1v) is 14.4. The van der Waals surface area contributed by atoms with Crippen LogP contribution in [0.1, 0.15) is 46.8 Å². The van der Waals surface area contributed by atoms with E-state index in [9.17, 15) is 9.59 Å². The molecule has 212 valence electrons. The van der Waals surface area contributed by atoms with Crippen molar-refractivity contribution in [2.45, 2.75) is 37.3 Å². The largest absolute Gasteiger partial charge is 0.349 e. The van der Waals surface area contributed by atoms with Gasteiger partial charge in [0.25, 0.3) is 5.91 Å². The Labute approximate surface area is 241 Å². The van der Waals surface area contributed by atoms with E-state index in [2.05, 4.69) is 45.1 Å². The summed E-state index contributed by atoms with van der Waals surface area (Å²) in [6, 6.07) is 31.8. The highest BCUT2D eigenvalue weighted by molar-refractivity contribution is 5.93. The van der Waals surface area contributed by atoms with Gasteiger partial charge in [-0.1, -0.05) is 91.0 Å². The number of nitrogens with two attached hydrogens (primary N) is 1. The summed E-state index contributed by atoms with van der Waals surface area (Å²) >= 11 is 0. The number of carbonyl (C=O) groups is 2. The number of amides is 2. The summed E-state index contributed by atoms with van der Waals surface area (Å²) in [7, 11) is 0. The van der Waals surface area contributed by atoms with Gasteiger partial charge in [-0.05, 0) is 43.0 Å². The molecule has 1 aliphatic heterocycles. The molecule has 5 rings (SSSR count). The van der Waals surface area contributed by atoms with Gasteiger partial charge in [0.1, 0.15) is 5.69 Å². The minimum absolute atomic E-state index is 0.0564. The average molecular weight is 551 g/mol. The third kappa shape index (κ3) is 7.28. The molecular formula is C33H38N6O2. The quantitative estimate of drug-likeness (QED) is 0.226. The average Bonchev–Trinajstić information content (AvgIpc) is 3.47. The fraction of sp³-hybridized carbons (Fsp3) is 0.303. The number of aromatic amines is 1. The predicted octanol–water partition coefficient (Wildman–Crippen LogP) is 3.94. The third-order valence-electron chi connectivity index (χ3n) is 7.70. The highest BCUT2D eigenvalue weighted by atomic mass is 16.2. The molecule has 2 heterocycles. The third-order valence-corrected chi connectivity index (χ3v) is 7.70. The summed E-state index contributed by atoms with van der Waals surface area (Å²) in [5.41, 5.74) is 10.3. The van der Waals surface area contributed by atoms with E-state index in [1.165, 1.54) is 11.1 Å². The molecule has 0 saturated carbocycles. The van der Waals surface area contributed by atoms with Crippen LogP contribution in [0.15, 0.2) is 97.1 Å². The molecule has 41 heavy (non-hydrogen) atoms. The zero-order valence-corrected chi connectivity index (χ0v) is 23.2. The van der Waals surface area contributed by atoms with Gasteiger partial charge in [-0.15, -0.1) is 0 Å². The molecule has 0 unspecified atom stereocenters. The summed E-state index contributed by atoms with van der Waals surface area (Å²) in [4.78, 5) is 28.8. The van der Waals surface area contributed by atoms with Crippen LogP contribution in [0.5, 0.6) is 0 Å². The summed E-state index contributed by atoms with van der Waals surface area (Å²) in [6.07, 6.45) is 2.12. The molecule has 0 spiro atoms. The van der Waals surface area contributed by atoms with Crippen LogP contribution >= 0.6 is 0 Å². The van der Waals surface area contributed by atoms with E-state index in [-0.39, 0.29) is 29.8 Å². The van der Waals surface area contributed by atoms with E-state index < -0.39 is 0 Å². The fourth-order valence-electron chi connectivity index (χ4n) is 5.45. The number of aromatic nitrogens is 2. The Morgan fingerprint density at radius 2 is 1.61 bits per heavy atom. The monoisotopic (exact) mass is 550 g/mol. The first kappa shape index (κ1) is 28.3. The van der Waals surface area contributed by atoms with Gasteiger partial charge in [0, 0.05) is 37.2 Å². The molecule has 1 saturated heterocycles. The SMILES string of the molecule is NCCC[C@@H]1N[C@H](CNC(=O)c2cc(-c3ccccc3)n[nH]2)CCN(CC(c2ccccc2)c2ccccc2)C1=O. The molecule has 0 aliphatic carbocycles. The smallest absolute Gasteiger partial charge is 0.269 e. The molecule has 1 aliphatic rings. The number of benzene rings is 3. The molecular weight excluding hydrogens is 512 g/mol. The van der Waals surface area contributed by atoms with Gasteiger partial charge in [0.15, 0.2) is 0 Å². The number of carbonyl (C=O) groups excluding carboxylic acids is 2. The zero-order valence-electron chi connectivity index (χ0n) is 23.2. The molecule has 8 heteroatoms. The Kier molecular flexibility index (Phi) is 9.57. The Balaban J connectivity index is 1.27. The number of rotatable bonds is 11. The Morgan fingerprint density at radius 3 is 2.24 bits per heavy atom. The molecule has 2 amide bonds. The van der Waals surface area contributed by atoms with Gasteiger partial charge in [0.2, 0.25) is 5.91 Å². The maximum absolute atomic E-state index is 13.8. The summed E-state index contributed by atoms with van der Waals surface area (Å²) in [5, 5.41) is 13.7. The normalized spacial score (nSPS) is 17.4. The van der Waals surface area contributed by atoms with Crippen LogP contribution in [0.3, 0.4) is 0 Å². The predicted molar refractivity (Wildman–Crippen MR) is 161 cm³/mol.